The summed E-state index contributed by atoms with van der Waals surface area (Å²) >= 11 is 0. The van der Waals surface area contributed by atoms with Gasteiger partial charge in [0.15, 0.2) is 8.32 Å². The van der Waals surface area contributed by atoms with Crippen molar-refractivity contribution < 1.29 is 28.3 Å². The van der Waals surface area contributed by atoms with Gasteiger partial charge in [-0.2, -0.15) is 0 Å². The third-order valence-electron chi connectivity index (χ3n) is 6.59. The van der Waals surface area contributed by atoms with Crippen LogP contribution in [-0.4, -0.2) is 44.9 Å². The summed E-state index contributed by atoms with van der Waals surface area (Å²) in [4.78, 5) is 35.6. The summed E-state index contributed by atoms with van der Waals surface area (Å²) in [6.45, 7) is 18.0. The lowest BCUT2D eigenvalue weighted by Crippen LogP contribution is -2.45. The molecule has 0 aromatic carbocycles. The van der Waals surface area contributed by atoms with Crippen molar-refractivity contribution in [1.29, 1.82) is 0 Å². The van der Waals surface area contributed by atoms with Crippen LogP contribution in [0, 0.1) is 11.8 Å². The summed E-state index contributed by atoms with van der Waals surface area (Å²) in [6.07, 6.45) is 6.21. The summed E-state index contributed by atoms with van der Waals surface area (Å²) < 4.78 is 18.0. The molecule has 0 saturated heterocycles. The Kier molecular flexibility index (Phi) is 10.6. The molecular formula is C25H42O6Si. The van der Waals surface area contributed by atoms with Crippen LogP contribution in [0.4, 0.5) is 0 Å². The predicted molar refractivity (Wildman–Crippen MR) is 129 cm³/mol. The average molecular weight is 467 g/mol. The molecule has 0 unspecified atom stereocenters. The molecule has 32 heavy (non-hydrogen) atoms. The fraction of sp³-hybridized carbons (Fsp3) is 0.720. The molecule has 0 N–H and O–H groups in total. The zero-order valence-electron chi connectivity index (χ0n) is 21.3. The van der Waals surface area contributed by atoms with E-state index in [2.05, 4.69) is 33.9 Å². The maximum Gasteiger partial charge on any atom is 0.308 e. The minimum atomic E-state index is -2.11. The zero-order valence-corrected chi connectivity index (χ0v) is 22.3. The Balaban J connectivity index is 3.30. The van der Waals surface area contributed by atoms with Gasteiger partial charge in [0.1, 0.15) is 18.5 Å². The standard InChI is InChI=1S/C25H42O6Si/c1-17-10-12-21(31-32(8,9)25(5,6)7)16-23(28)30-24(19(3)14-15-26)18(2)11-13-22(17)29-20(4)27/h11,13-15,17-18,21-22,24H,10,12,16H2,1-9H3/b13-11+,19-14+/t17-,18-,21+,22-,24-/m0/s1. The number of allylic oxidation sites excluding steroid dienone is 1. The summed E-state index contributed by atoms with van der Waals surface area (Å²) in [5.74, 6) is -0.796. The second-order valence-electron chi connectivity index (χ2n) is 10.5. The highest BCUT2D eigenvalue weighted by atomic mass is 28.4. The van der Waals surface area contributed by atoms with E-state index >= 15 is 0 Å². The molecule has 0 amide bonds. The molecule has 1 aliphatic heterocycles. The van der Waals surface area contributed by atoms with Crippen LogP contribution in [0.15, 0.2) is 23.8 Å². The van der Waals surface area contributed by atoms with Crippen molar-refractivity contribution in [3.63, 3.8) is 0 Å². The molecule has 0 aromatic heterocycles. The number of aldehydes is 1. The van der Waals surface area contributed by atoms with E-state index < -0.39 is 14.4 Å². The molecule has 1 rings (SSSR count). The molecule has 1 aliphatic rings. The lowest BCUT2D eigenvalue weighted by Gasteiger charge is -2.39. The number of ether oxygens (including phenoxy) is 2. The first-order chi connectivity index (χ1) is 14.7. The Morgan fingerprint density at radius 3 is 2.31 bits per heavy atom. The highest BCUT2D eigenvalue weighted by molar-refractivity contribution is 6.74. The molecule has 5 atom stereocenters. The van der Waals surface area contributed by atoms with Crippen molar-refractivity contribution in [2.45, 2.75) is 104 Å². The first kappa shape index (κ1) is 28.3. The number of cyclic esters (lactones) is 1. The molecular weight excluding hydrogens is 424 g/mol. The fourth-order valence-corrected chi connectivity index (χ4v) is 4.91. The van der Waals surface area contributed by atoms with E-state index in [1.54, 1.807) is 6.92 Å². The molecule has 0 fully saturated rings. The smallest absolute Gasteiger partial charge is 0.308 e. The van der Waals surface area contributed by atoms with Crippen LogP contribution in [0.3, 0.4) is 0 Å². The Hall–Kier alpha value is -1.73. The lowest BCUT2D eigenvalue weighted by molar-refractivity contribution is -0.151. The van der Waals surface area contributed by atoms with Crippen molar-refractivity contribution in [2.24, 2.45) is 11.8 Å². The highest BCUT2D eigenvalue weighted by Gasteiger charge is 2.40. The largest absolute Gasteiger partial charge is 0.458 e. The number of esters is 2. The SMILES string of the molecule is CC(=O)O[C@H]1/C=C/[C@H](C)[C@@H](/C(C)=C/C=O)OC(=O)C[C@H](O[Si](C)(C)C(C)(C)C)CC[C@@H]1C. The Morgan fingerprint density at radius 1 is 1.16 bits per heavy atom. The second-order valence-corrected chi connectivity index (χ2v) is 15.3. The number of carbonyl (C=O) groups is 3. The van der Waals surface area contributed by atoms with Gasteiger partial charge < -0.3 is 13.9 Å². The number of carbonyl (C=O) groups excluding carboxylic acids is 3. The van der Waals surface area contributed by atoms with Gasteiger partial charge in [0.25, 0.3) is 0 Å². The molecule has 0 aromatic rings. The van der Waals surface area contributed by atoms with Crippen molar-refractivity contribution >= 4 is 26.5 Å². The first-order valence-corrected chi connectivity index (χ1v) is 14.4. The Morgan fingerprint density at radius 2 is 1.78 bits per heavy atom. The third-order valence-corrected chi connectivity index (χ3v) is 11.1. The highest BCUT2D eigenvalue weighted by Crippen LogP contribution is 2.38. The van der Waals surface area contributed by atoms with Crippen molar-refractivity contribution in [2.75, 3.05) is 0 Å². The van der Waals surface area contributed by atoms with Gasteiger partial charge >= 0.3 is 11.9 Å². The third kappa shape index (κ3) is 8.66. The van der Waals surface area contributed by atoms with E-state index in [-0.39, 0.29) is 47.4 Å². The summed E-state index contributed by atoms with van der Waals surface area (Å²) in [5, 5.41) is 0.00948. The van der Waals surface area contributed by atoms with Crippen molar-refractivity contribution in [3.8, 4) is 0 Å². The van der Waals surface area contributed by atoms with Gasteiger partial charge in [0.2, 0.25) is 0 Å². The quantitative estimate of drug-likeness (QED) is 0.178. The number of rotatable bonds is 5. The molecule has 182 valence electrons. The summed E-state index contributed by atoms with van der Waals surface area (Å²) in [5.41, 5.74) is 0.668. The van der Waals surface area contributed by atoms with Gasteiger partial charge in [-0.05, 0) is 61.5 Å². The second kappa shape index (κ2) is 11.9. The summed E-state index contributed by atoms with van der Waals surface area (Å²) in [7, 11) is -2.11. The van der Waals surface area contributed by atoms with Crippen LogP contribution in [0.2, 0.25) is 18.1 Å². The van der Waals surface area contributed by atoms with Crippen LogP contribution in [0.25, 0.3) is 0 Å². The molecule has 0 aliphatic carbocycles. The lowest BCUT2D eigenvalue weighted by atomic mass is 9.92. The van der Waals surface area contributed by atoms with Gasteiger partial charge in [-0.1, -0.05) is 40.7 Å². The minimum Gasteiger partial charge on any atom is -0.458 e. The van der Waals surface area contributed by atoms with E-state index in [1.165, 1.54) is 13.0 Å². The van der Waals surface area contributed by atoms with Crippen LogP contribution < -0.4 is 0 Å². The first-order valence-electron chi connectivity index (χ1n) is 11.5. The van der Waals surface area contributed by atoms with Gasteiger partial charge in [0.05, 0.1) is 12.5 Å². The van der Waals surface area contributed by atoms with Gasteiger partial charge in [-0.15, -0.1) is 0 Å². The van der Waals surface area contributed by atoms with Crippen molar-refractivity contribution in [1.82, 2.24) is 0 Å². The van der Waals surface area contributed by atoms with Crippen molar-refractivity contribution in [3.05, 3.63) is 23.8 Å². The van der Waals surface area contributed by atoms with E-state index in [4.69, 9.17) is 13.9 Å². The molecule has 7 heteroatoms. The maximum atomic E-state index is 12.9. The van der Waals surface area contributed by atoms with Gasteiger partial charge in [-0.25, -0.2) is 0 Å². The van der Waals surface area contributed by atoms with Crippen LogP contribution >= 0.6 is 0 Å². The molecule has 0 spiro atoms. The maximum absolute atomic E-state index is 12.9. The minimum absolute atomic E-state index is 0.00948. The van der Waals surface area contributed by atoms with Crippen LogP contribution in [0.5, 0.6) is 0 Å². The molecule has 1 heterocycles. The zero-order chi connectivity index (χ0) is 24.7. The van der Waals surface area contributed by atoms with E-state index in [1.807, 2.05) is 26.0 Å². The predicted octanol–water partition coefficient (Wildman–Crippen LogP) is 5.38. The average Bonchev–Trinajstić information content (AvgIpc) is 2.64. The van der Waals surface area contributed by atoms with Gasteiger partial charge in [0, 0.05) is 12.8 Å². The fourth-order valence-electron chi connectivity index (χ4n) is 3.52. The Bertz CT molecular complexity index is 718. The summed E-state index contributed by atoms with van der Waals surface area (Å²) in [6, 6.07) is 0. The molecule has 0 saturated carbocycles. The number of hydrogen-bond donors (Lipinski definition) is 0. The van der Waals surface area contributed by atoms with Crippen LogP contribution in [0.1, 0.15) is 67.7 Å². The monoisotopic (exact) mass is 466 g/mol. The normalized spacial score (nSPS) is 29.8. The number of hydrogen-bond acceptors (Lipinski definition) is 6. The van der Waals surface area contributed by atoms with E-state index in [0.717, 1.165) is 6.42 Å². The van der Waals surface area contributed by atoms with E-state index in [9.17, 15) is 14.4 Å². The Labute approximate surface area is 194 Å². The van der Waals surface area contributed by atoms with Crippen LogP contribution in [-0.2, 0) is 28.3 Å². The molecule has 0 radical (unpaired) electrons. The molecule has 0 bridgehead atoms. The van der Waals surface area contributed by atoms with E-state index in [0.29, 0.717) is 18.3 Å². The topological polar surface area (TPSA) is 78.9 Å². The molecule has 6 nitrogen and oxygen atoms in total. The van der Waals surface area contributed by atoms with Gasteiger partial charge in [-0.3, -0.25) is 14.4 Å².